The van der Waals surface area contributed by atoms with Gasteiger partial charge in [-0.05, 0) is 18.4 Å². The van der Waals surface area contributed by atoms with Crippen LogP contribution in [0.3, 0.4) is 0 Å². The van der Waals surface area contributed by atoms with Gasteiger partial charge in [0.2, 0.25) is 0 Å². The van der Waals surface area contributed by atoms with Crippen LogP contribution in [0, 0.1) is 0 Å². The minimum atomic E-state index is 0.269. The maximum absolute atomic E-state index is 9.60. The van der Waals surface area contributed by atoms with Gasteiger partial charge in [-0.2, -0.15) is 0 Å². The van der Waals surface area contributed by atoms with Gasteiger partial charge < -0.3 is 10.4 Å². The van der Waals surface area contributed by atoms with Crippen molar-refractivity contribution in [3.05, 3.63) is 35.9 Å². The van der Waals surface area contributed by atoms with Crippen LogP contribution in [0.15, 0.2) is 30.3 Å². The van der Waals surface area contributed by atoms with Crippen molar-refractivity contribution in [1.82, 2.24) is 10.2 Å². The molecule has 104 valence electrons. The number of rotatable bonds is 3. The van der Waals surface area contributed by atoms with Crippen LogP contribution in [0.1, 0.15) is 37.3 Å². The van der Waals surface area contributed by atoms with Crippen LogP contribution in [-0.4, -0.2) is 41.8 Å². The van der Waals surface area contributed by atoms with Gasteiger partial charge >= 0.3 is 0 Å². The van der Waals surface area contributed by atoms with E-state index in [1.807, 2.05) is 0 Å². The van der Waals surface area contributed by atoms with Crippen LogP contribution in [-0.2, 0) is 0 Å². The fraction of sp³-hybridized carbons (Fsp3) is 0.625. The molecule has 2 N–H and O–H groups in total. The molecule has 1 heterocycles. The molecule has 2 atom stereocenters. The Hall–Kier alpha value is -0.900. The molecule has 1 aromatic carbocycles. The quantitative estimate of drug-likeness (QED) is 0.872. The summed E-state index contributed by atoms with van der Waals surface area (Å²) in [6.45, 7) is 2.19. The lowest BCUT2D eigenvalue weighted by atomic mass is 9.99. The predicted molar refractivity (Wildman–Crippen MR) is 77.0 cm³/mol. The first kappa shape index (κ1) is 13.1. The van der Waals surface area contributed by atoms with Crippen LogP contribution < -0.4 is 5.32 Å². The van der Waals surface area contributed by atoms with Crippen LogP contribution in [0.5, 0.6) is 0 Å². The topological polar surface area (TPSA) is 35.5 Å². The molecule has 1 aliphatic heterocycles. The first-order valence-electron chi connectivity index (χ1n) is 7.53. The van der Waals surface area contributed by atoms with Crippen LogP contribution in [0.25, 0.3) is 0 Å². The van der Waals surface area contributed by atoms with Crippen molar-refractivity contribution in [2.24, 2.45) is 0 Å². The lowest BCUT2D eigenvalue weighted by Gasteiger charge is -2.43. The SMILES string of the molecule is OCC1CNC(c2ccccc2)CN1C1CCCC1. The second-order valence-electron chi connectivity index (χ2n) is 5.84. The van der Waals surface area contributed by atoms with E-state index in [-0.39, 0.29) is 6.61 Å². The smallest absolute Gasteiger partial charge is 0.0599 e. The van der Waals surface area contributed by atoms with Crippen molar-refractivity contribution < 1.29 is 5.11 Å². The number of nitrogens with zero attached hydrogens (tertiary/aromatic N) is 1. The summed E-state index contributed by atoms with van der Waals surface area (Å²) in [5.41, 5.74) is 1.36. The number of piperazine rings is 1. The van der Waals surface area contributed by atoms with Gasteiger partial charge in [-0.3, -0.25) is 4.90 Å². The number of aliphatic hydroxyl groups is 1. The average molecular weight is 260 g/mol. The highest BCUT2D eigenvalue weighted by atomic mass is 16.3. The molecular formula is C16H24N2O. The third-order valence-electron chi connectivity index (χ3n) is 4.67. The molecule has 1 saturated carbocycles. The Morgan fingerprint density at radius 3 is 2.58 bits per heavy atom. The van der Waals surface area contributed by atoms with Gasteiger partial charge in [0, 0.05) is 31.2 Å². The molecule has 1 aliphatic carbocycles. The molecule has 1 saturated heterocycles. The van der Waals surface area contributed by atoms with Crippen LogP contribution >= 0.6 is 0 Å². The summed E-state index contributed by atoms with van der Waals surface area (Å²) in [6, 6.07) is 12.1. The molecular weight excluding hydrogens is 236 g/mol. The first-order valence-corrected chi connectivity index (χ1v) is 7.53. The summed E-state index contributed by atoms with van der Waals surface area (Å²) in [7, 11) is 0. The van der Waals surface area contributed by atoms with E-state index in [1.54, 1.807) is 0 Å². The standard InChI is InChI=1S/C16H24N2O/c19-12-15-10-17-16(13-6-2-1-3-7-13)11-18(15)14-8-4-5-9-14/h1-3,6-7,14-17,19H,4-5,8-12H2. The fourth-order valence-electron chi connectivity index (χ4n) is 3.58. The molecule has 3 nitrogen and oxygen atoms in total. The Labute approximate surface area is 115 Å². The number of aliphatic hydroxyl groups excluding tert-OH is 1. The average Bonchev–Trinajstić information content (AvgIpc) is 3.01. The van der Waals surface area contributed by atoms with E-state index in [9.17, 15) is 5.11 Å². The molecule has 0 aromatic heterocycles. The Balaban J connectivity index is 1.73. The summed E-state index contributed by atoms with van der Waals surface area (Å²) in [5, 5.41) is 13.2. The highest BCUT2D eigenvalue weighted by molar-refractivity contribution is 5.20. The van der Waals surface area contributed by atoms with Gasteiger partial charge in [-0.1, -0.05) is 43.2 Å². The molecule has 0 bridgehead atoms. The van der Waals surface area contributed by atoms with E-state index >= 15 is 0 Å². The molecule has 2 fully saturated rings. The Morgan fingerprint density at radius 2 is 1.89 bits per heavy atom. The van der Waals surface area contributed by atoms with Gasteiger partial charge in [0.25, 0.3) is 0 Å². The number of benzene rings is 1. The van der Waals surface area contributed by atoms with Gasteiger partial charge in [0.05, 0.1) is 6.61 Å². The van der Waals surface area contributed by atoms with Crippen molar-refractivity contribution in [2.45, 2.75) is 43.8 Å². The normalized spacial score (nSPS) is 29.7. The first-order chi connectivity index (χ1) is 9.38. The zero-order valence-electron chi connectivity index (χ0n) is 11.5. The van der Waals surface area contributed by atoms with Crippen molar-refractivity contribution in [2.75, 3.05) is 19.7 Å². The molecule has 19 heavy (non-hydrogen) atoms. The van der Waals surface area contributed by atoms with Crippen molar-refractivity contribution in [3.8, 4) is 0 Å². The predicted octanol–water partition coefficient (Wildman–Crippen LogP) is 1.94. The van der Waals surface area contributed by atoms with Gasteiger partial charge in [0.15, 0.2) is 0 Å². The monoisotopic (exact) mass is 260 g/mol. The van der Waals surface area contributed by atoms with E-state index in [0.717, 1.165) is 13.1 Å². The minimum Gasteiger partial charge on any atom is -0.395 e. The van der Waals surface area contributed by atoms with Gasteiger partial charge in [0.1, 0.15) is 0 Å². The fourth-order valence-corrected chi connectivity index (χ4v) is 3.58. The Bertz CT molecular complexity index is 387. The molecule has 0 spiro atoms. The number of hydrogen-bond donors (Lipinski definition) is 2. The second-order valence-corrected chi connectivity index (χ2v) is 5.84. The lowest BCUT2D eigenvalue weighted by molar-refractivity contribution is 0.0464. The minimum absolute atomic E-state index is 0.269. The highest BCUT2D eigenvalue weighted by Gasteiger charge is 2.34. The van der Waals surface area contributed by atoms with Gasteiger partial charge in [-0.15, -0.1) is 0 Å². The zero-order valence-corrected chi connectivity index (χ0v) is 11.5. The van der Waals surface area contributed by atoms with Crippen molar-refractivity contribution in [1.29, 1.82) is 0 Å². The summed E-state index contributed by atoms with van der Waals surface area (Å²) in [4.78, 5) is 2.56. The summed E-state index contributed by atoms with van der Waals surface area (Å²) in [5.74, 6) is 0. The largest absolute Gasteiger partial charge is 0.395 e. The Kier molecular flexibility index (Phi) is 4.16. The van der Waals surface area contributed by atoms with E-state index in [4.69, 9.17) is 0 Å². The number of nitrogens with one attached hydrogen (secondary N) is 1. The molecule has 2 unspecified atom stereocenters. The van der Waals surface area contributed by atoms with E-state index < -0.39 is 0 Å². The number of hydrogen-bond acceptors (Lipinski definition) is 3. The van der Waals surface area contributed by atoms with Crippen molar-refractivity contribution in [3.63, 3.8) is 0 Å². The molecule has 3 rings (SSSR count). The summed E-state index contributed by atoms with van der Waals surface area (Å²) in [6.07, 6.45) is 5.31. The van der Waals surface area contributed by atoms with Crippen molar-refractivity contribution >= 4 is 0 Å². The van der Waals surface area contributed by atoms with Crippen LogP contribution in [0.4, 0.5) is 0 Å². The van der Waals surface area contributed by atoms with Crippen LogP contribution in [0.2, 0.25) is 0 Å². The lowest BCUT2D eigenvalue weighted by Crippen LogP contribution is -2.57. The highest BCUT2D eigenvalue weighted by Crippen LogP contribution is 2.29. The van der Waals surface area contributed by atoms with E-state index in [0.29, 0.717) is 18.1 Å². The maximum atomic E-state index is 9.60. The molecule has 0 amide bonds. The third-order valence-corrected chi connectivity index (χ3v) is 4.67. The van der Waals surface area contributed by atoms with Gasteiger partial charge in [-0.25, -0.2) is 0 Å². The molecule has 1 aromatic rings. The second kappa shape index (κ2) is 6.04. The molecule has 3 heteroatoms. The third kappa shape index (κ3) is 2.83. The summed E-state index contributed by atoms with van der Waals surface area (Å²) < 4.78 is 0. The van der Waals surface area contributed by atoms with E-state index in [2.05, 4.69) is 40.5 Å². The Morgan fingerprint density at radius 1 is 1.16 bits per heavy atom. The zero-order chi connectivity index (χ0) is 13.1. The molecule has 0 radical (unpaired) electrons. The maximum Gasteiger partial charge on any atom is 0.0599 e. The summed E-state index contributed by atoms with van der Waals surface area (Å²) >= 11 is 0. The molecule has 2 aliphatic rings. The van der Waals surface area contributed by atoms with E-state index in [1.165, 1.54) is 31.2 Å².